The highest BCUT2D eigenvalue weighted by Gasteiger charge is 2.10. The second-order valence-corrected chi connectivity index (χ2v) is 5.27. The summed E-state index contributed by atoms with van der Waals surface area (Å²) in [4.78, 5) is 2.53. The molecular formula is C9H20IN. The Balaban J connectivity index is 3.69. The minimum atomic E-state index is 0.676. The van der Waals surface area contributed by atoms with Crippen LogP contribution >= 0.6 is 22.6 Å². The van der Waals surface area contributed by atoms with Crippen LogP contribution in [0.3, 0.4) is 0 Å². The van der Waals surface area contributed by atoms with Crippen LogP contribution in [0.1, 0.15) is 34.1 Å². The summed E-state index contributed by atoms with van der Waals surface area (Å²) in [6, 6.07) is 0. The van der Waals surface area contributed by atoms with Crippen molar-refractivity contribution in [1.29, 1.82) is 0 Å². The number of hydrogen-bond donors (Lipinski definition) is 0. The Morgan fingerprint density at radius 3 is 2.09 bits per heavy atom. The van der Waals surface area contributed by atoms with Gasteiger partial charge in [-0.3, -0.25) is 4.90 Å². The van der Waals surface area contributed by atoms with Crippen LogP contribution in [0.15, 0.2) is 0 Å². The molecule has 0 aromatic rings. The van der Waals surface area contributed by atoms with Gasteiger partial charge in [0.15, 0.2) is 0 Å². The second kappa shape index (κ2) is 6.23. The van der Waals surface area contributed by atoms with Gasteiger partial charge in [0.1, 0.15) is 0 Å². The molecule has 0 aliphatic heterocycles. The van der Waals surface area contributed by atoms with E-state index in [-0.39, 0.29) is 0 Å². The van der Waals surface area contributed by atoms with E-state index in [0.29, 0.717) is 4.05 Å². The van der Waals surface area contributed by atoms with Crippen LogP contribution in [0.2, 0.25) is 0 Å². The molecule has 2 heteroatoms. The molecule has 0 unspecified atom stereocenters. The monoisotopic (exact) mass is 269 g/mol. The highest BCUT2D eigenvalue weighted by Crippen LogP contribution is 2.10. The molecule has 0 spiro atoms. The predicted octanol–water partition coefficient (Wildman–Crippen LogP) is 3.14. The van der Waals surface area contributed by atoms with Crippen molar-refractivity contribution in [2.24, 2.45) is 5.92 Å². The normalized spacial score (nSPS) is 14.5. The fraction of sp³-hybridized carbons (Fsp3) is 1.00. The third-order valence-electron chi connectivity index (χ3n) is 1.61. The van der Waals surface area contributed by atoms with Gasteiger partial charge in [-0.2, -0.15) is 0 Å². The summed E-state index contributed by atoms with van der Waals surface area (Å²) < 4.78 is 0.676. The Morgan fingerprint density at radius 2 is 1.82 bits per heavy atom. The maximum absolute atomic E-state index is 2.53. The molecule has 11 heavy (non-hydrogen) atoms. The zero-order valence-corrected chi connectivity index (χ0v) is 10.3. The third kappa shape index (κ3) is 5.91. The highest BCUT2D eigenvalue weighted by atomic mass is 127. The van der Waals surface area contributed by atoms with E-state index in [1.807, 2.05) is 0 Å². The van der Waals surface area contributed by atoms with Gasteiger partial charge in [0.05, 0.1) is 4.05 Å². The zero-order valence-electron chi connectivity index (χ0n) is 8.10. The second-order valence-electron chi connectivity index (χ2n) is 3.46. The van der Waals surface area contributed by atoms with Crippen LogP contribution in [0, 0.1) is 5.92 Å². The van der Waals surface area contributed by atoms with Crippen LogP contribution < -0.4 is 0 Å². The minimum Gasteiger partial charge on any atom is -0.292 e. The summed E-state index contributed by atoms with van der Waals surface area (Å²) in [5.74, 6) is 0.791. The van der Waals surface area contributed by atoms with Gasteiger partial charge < -0.3 is 0 Å². The molecule has 1 nitrogen and oxygen atoms in total. The average Bonchev–Trinajstić information content (AvgIpc) is 1.86. The number of nitrogens with zero attached hydrogens (tertiary/aromatic N) is 1. The first kappa shape index (κ1) is 11.7. The van der Waals surface area contributed by atoms with Gasteiger partial charge in [0.2, 0.25) is 0 Å². The lowest BCUT2D eigenvalue weighted by atomic mass is 10.2. The van der Waals surface area contributed by atoms with Crippen LogP contribution in [-0.4, -0.2) is 22.0 Å². The smallest absolute Gasteiger partial charge is 0.0590 e. The van der Waals surface area contributed by atoms with Crippen molar-refractivity contribution in [3.05, 3.63) is 0 Å². The molecule has 0 heterocycles. The molecule has 1 atom stereocenters. The van der Waals surface area contributed by atoms with E-state index in [1.54, 1.807) is 0 Å². The van der Waals surface area contributed by atoms with Crippen LogP contribution in [0.25, 0.3) is 0 Å². The van der Waals surface area contributed by atoms with Gasteiger partial charge in [-0.05, 0) is 25.8 Å². The molecule has 0 fully saturated rings. The van der Waals surface area contributed by atoms with Crippen molar-refractivity contribution in [2.75, 3.05) is 13.1 Å². The molecule has 0 radical (unpaired) electrons. The zero-order chi connectivity index (χ0) is 8.85. The van der Waals surface area contributed by atoms with E-state index in [9.17, 15) is 0 Å². The molecule has 0 aliphatic carbocycles. The van der Waals surface area contributed by atoms with E-state index in [4.69, 9.17) is 0 Å². The van der Waals surface area contributed by atoms with E-state index >= 15 is 0 Å². The van der Waals surface area contributed by atoms with Gasteiger partial charge >= 0.3 is 0 Å². The summed E-state index contributed by atoms with van der Waals surface area (Å²) in [7, 11) is 0. The van der Waals surface area contributed by atoms with Crippen molar-refractivity contribution >= 4 is 22.6 Å². The summed E-state index contributed by atoms with van der Waals surface area (Å²) in [5.41, 5.74) is 0. The topological polar surface area (TPSA) is 3.24 Å². The standard InChI is InChI=1S/C9H20IN/c1-5-6-11(9(4)10)7-8(2)3/h8-9H,5-7H2,1-4H3/t9-/m1/s1. The number of alkyl halides is 1. The lowest BCUT2D eigenvalue weighted by Gasteiger charge is -2.26. The Hall–Kier alpha value is 0.690. The van der Waals surface area contributed by atoms with E-state index in [1.165, 1.54) is 19.5 Å². The molecular weight excluding hydrogens is 249 g/mol. The Morgan fingerprint density at radius 1 is 1.27 bits per heavy atom. The molecule has 0 N–H and O–H groups in total. The van der Waals surface area contributed by atoms with Crippen molar-refractivity contribution in [3.63, 3.8) is 0 Å². The van der Waals surface area contributed by atoms with E-state index in [2.05, 4.69) is 55.2 Å². The predicted molar refractivity (Wildman–Crippen MR) is 60.2 cm³/mol. The van der Waals surface area contributed by atoms with Crippen molar-refractivity contribution in [3.8, 4) is 0 Å². The van der Waals surface area contributed by atoms with Gasteiger partial charge in [-0.1, -0.05) is 43.4 Å². The van der Waals surface area contributed by atoms with Crippen molar-refractivity contribution in [2.45, 2.75) is 38.2 Å². The summed E-state index contributed by atoms with van der Waals surface area (Å²) in [6.07, 6.45) is 1.26. The summed E-state index contributed by atoms with van der Waals surface area (Å²) >= 11 is 2.49. The van der Waals surface area contributed by atoms with Gasteiger partial charge in [-0.15, -0.1) is 0 Å². The maximum Gasteiger partial charge on any atom is 0.0590 e. The Labute approximate surface area is 84.7 Å². The molecule has 0 aromatic heterocycles. The van der Waals surface area contributed by atoms with Crippen LogP contribution in [0.5, 0.6) is 0 Å². The number of hydrogen-bond acceptors (Lipinski definition) is 1. The Kier molecular flexibility index (Phi) is 6.62. The van der Waals surface area contributed by atoms with Gasteiger partial charge in [-0.25, -0.2) is 0 Å². The third-order valence-corrected chi connectivity index (χ3v) is 2.40. The quantitative estimate of drug-likeness (QED) is 0.421. The molecule has 0 rings (SSSR count). The van der Waals surface area contributed by atoms with Crippen LogP contribution in [-0.2, 0) is 0 Å². The fourth-order valence-electron chi connectivity index (χ4n) is 1.17. The van der Waals surface area contributed by atoms with Gasteiger partial charge in [0, 0.05) is 6.54 Å². The molecule has 0 amide bonds. The first-order valence-electron chi connectivity index (χ1n) is 4.46. The molecule has 0 saturated carbocycles. The van der Waals surface area contributed by atoms with Gasteiger partial charge in [0.25, 0.3) is 0 Å². The molecule has 0 aromatic carbocycles. The maximum atomic E-state index is 2.53. The molecule has 0 aliphatic rings. The number of rotatable bonds is 5. The molecule has 0 bridgehead atoms. The first-order chi connectivity index (χ1) is 5.07. The number of halogens is 1. The largest absolute Gasteiger partial charge is 0.292 e. The fourth-order valence-corrected chi connectivity index (χ4v) is 1.68. The van der Waals surface area contributed by atoms with Crippen molar-refractivity contribution in [1.82, 2.24) is 4.90 Å². The summed E-state index contributed by atoms with van der Waals surface area (Å²) in [6.45, 7) is 11.5. The van der Waals surface area contributed by atoms with Crippen molar-refractivity contribution < 1.29 is 0 Å². The summed E-state index contributed by atoms with van der Waals surface area (Å²) in [5, 5.41) is 0. The Bertz CT molecular complexity index is 91.6. The van der Waals surface area contributed by atoms with Crippen LogP contribution in [0.4, 0.5) is 0 Å². The average molecular weight is 269 g/mol. The molecule has 68 valence electrons. The lowest BCUT2D eigenvalue weighted by molar-refractivity contribution is 0.246. The SMILES string of the molecule is CCCN(CC(C)C)[C@H](C)I. The first-order valence-corrected chi connectivity index (χ1v) is 5.70. The minimum absolute atomic E-state index is 0.676. The lowest BCUT2D eigenvalue weighted by Crippen LogP contribution is -2.32. The van der Waals surface area contributed by atoms with E-state index < -0.39 is 0 Å². The van der Waals surface area contributed by atoms with E-state index in [0.717, 1.165) is 5.92 Å². The molecule has 0 saturated heterocycles. The highest BCUT2D eigenvalue weighted by molar-refractivity contribution is 14.1.